The Labute approximate surface area is 454 Å². The monoisotopic (exact) mass is 1050 g/mol. The number of benzene rings is 4. The fourth-order valence-electron chi connectivity index (χ4n) is 12.4. The maximum Gasteiger partial charge on any atom is 0.358 e. The minimum atomic E-state index is -0.732. The van der Waals surface area contributed by atoms with E-state index in [1.54, 1.807) is 0 Å². The van der Waals surface area contributed by atoms with E-state index >= 15 is 0 Å². The van der Waals surface area contributed by atoms with Crippen LogP contribution in [0.1, 0.15) is 152 Å². The van der Waals surface area contributed by atoms with Gasteiger partial charge in [-0.15, -0.1) is 0 Å². The number of fused-ring (bicyclic) bond motifs is 3. The molecule has 3 fully saturated rings. The molecule has 2 N–H and O–H groups in total. The number of ether oxygens (including phenoxy) is 2. The van der Waals surface area contributed by atoms with E-state index in [2.05, 4.69) is 56.6 Å². The molecule has 3 aromatic heterocycles. The van der Waals surface area contributed by atoms with Gasteiger partial charge in [0, 0.05) is 49.6 Å². The zero-order valence-corrected chi connectivity index (χ0v) is 45.8. The summed E-state index contributed by atoms with van der Waals surface area (Å²) >= 11 is 1.45. The molecule has 77 heavy (non-hydrogen) atoms. The molecule has 1 saturated carbocycles. The lowest BCUT2D eigenvalue weighted by Gasteiger charge is -2.33. The number of unbranched alkanes of at least 4 members (excludes halogenated alkanes) is 1. The van der Waals surface area contributed by atoms with E-state index in [4.69, 9.17) is 19.6 Å². The third kappa shape index (κ3) is 11.4. The summed E-state index contributed by atoms with van der Waals surface area (Å²) in [6.07, 6.45) is 11.9. The minimum absolute atomic E-state index is 0.121. The number of hydrogen-bond acceptors (Lipinski definition) is 12. The summed E-state index contributed by atoms with van der Waals surface area (Å²) in [6.45, 7) is 12.0. The average Bonchev–Trinajstić information content (AvgIpc) is 4.06. The van der Waals surface area contributed by atoms with Crippen molar-refractivity contribution < 1.29 is 28.7 Å². The average molecular weight is 1060 g/mol. The van der Waals surface area contributed by atoms with Crippen molar-refractivity contribution in [2.24, 2.45) is 13.0 Å². The maximum atomic E-state index is 14.1. The van der Waals surface area contributed by atoms with E-state index in [1.807, 2.05) is 99.2 Å². The number of likely N-dealkylation sites (tertiary alicyclic amines) is 1. The summed E-state index contributed by atoms with van der Waals surface area (Å²) in [5, 5.41) is 12.0. The first-order chi connectivity index (χ1) is 37.2. The molecular weight excluding hydrogens is 985 g/mol. The fourth-order valence-corrected chi connectivity index (χ4v) is 13.2. The topological polar surface area (TPSA) is 161 Å². The van der Waals surface area contributed by atoms with Crippen LogP contribution < -0.4 is 20.3 Å². The number of nitrogens with one attached hydrogen (secondary N) is 2. The summed E-state index contributed by atoms with van der Waals surface area (Å²) in [6, 6.07) is 30.2. The number of imide groups is 1. The second-order valence-electron chi connectivity index (χ2n) is 22.7. The lowest BCUT2D eigenvalue weighted by atomic mass is 9.84. The number of aryl methyl sites for hydroxylation is 1. The van der Waals surface area contributed by atoms with Crippen molar-refractivity contribution >= 4 is 67.1 Å². The highest BCUT2D eigenvalue weighted by molar-refractivity contribution is 7.22. The Morgan fingerprint density at radius 1 is 0.844 bits per heavy atom. The number of nitrogens with zero attached hydrogens (tertiary/aromatic N) is 6. The van der Waals surface area contributed by atoms with Crippen LogP contribution in [-0.4, -0.2) is 86.2 Å². The highest BCUT2D eigenvalue weighted by atomic mass is 32.1. The molecule has 3 amide bonds. The zero-order chi connectivity index (χ0) is 53.4. The van der Waals surface area contributed by atoms with Crippen LogP contribution in [0.4, 0.5) is 10.9 Å². The van der Waals surface area contributed by atoms with E-state index in [9.17, 15) is 19.2 Å². The van der Waals surface area contributed by atoms with Crippen molar-refractivity contribution in [3.8, 4) is 16.9 Å². The Balaban J connectivity index is 0.702. The van der Waals surface area contributed by atoms with Crippen molar-refractivity contribution in [1.29, 1.82) is 0 Å². The van der Waals surface area contributed by atoms with Crippen LogP contribution in [-0.2, 0) is 34.3 Å². The van der Waals surface area contributed by atoms with Crippen LogP contribution in [0.3, 0.4) is 0 Å². The standard InChI is InChI=1S/C62H70N8O6S/c1-38-43(45-28-30-53(64-56(45)60(74)76-62(2,3)4)70-35-32-40-15-10-19-46(49(40)37-70)58(72)66-61-63-50-21-6-7-23-52(50)77-61)17-12-22-51(38)75-42-26-24-39(25-27-42)14-8-9-33-69-34-13-16-41(36-69)44-18-11-20-47-55(67-68(5)57(44)47)48-29-31-54(71)65-59(48)73/h6-7,10-12,15,17-23,28,30,39,41-42,48H,8-9,13-14,16,24-27,29,31-37H2,1-5H3,(H,63,66,72)(H,65,71,73)/t39?,41-,42?,48?/m1/s1. The van der Waals surface area contributed by atoms with Crippen molar-refractivity contribution in [2.45, 2.75) is 135 Å². The van der Waals surface area contributed by atoms with Gasteiger partial charge in [-0.2, -0.15) is 5.10 Å². The van der Waals surface area contributed by atoms with E-state index in [0.29, 0.717) is 59.8 Å². The molecule has 4 aromatic carbocycles. The number of anilines is 2. The van der Waals surface area contributed by atoms with Gasteiger partial charge >= 0.3 is 5.97 Å². The van der Waals surface area contributed by atoms with Gasteiger partial charge in [0.15, 0.2) is 10.8 Å². The third-order valence-electron chi connectivity index (χ3n) is 16.3. The molecule has 14 nitrogen and oxygen atoms in total. The predicted molar refractivity (Wildman–Crippen MR) is 303 cm³/mol. The SMILES string of the molecule is Cc1c(OC2CCC(CCCCN3CCC[C@@H](c4cccc5c(C6CCC(=O)NC6=O)nn(C)c45)C3)CC2)cccc1-c1ccc(N2CCc3cccc(C(=O)Nc4nc5ccccc5s4)c3C2)nc1C(=O)OC(C)(C)C. The summed E-state index contributed by atoms with van der Waals surface area (Å²) in [4.78, 5) is 67.1. The number of thiazole rings is 1. The molecule has 2 saturated heterocycles. The molecule has 4 aliphatic rings. The first-order valence-electron chi connectivity index (χ1n) is 27.8. The number of piperidine rings is 2. The summed E-state index contributed by atoms with van der Waals surface area (Å²) in [5.41, 5.74) is 8.73. The molecule has 0 radical (unpaired) electrons. The van der Waals surface area contributed by atoms with E-state index < -0.39 is 17.5 Å². The highest BCUT2D eigenvalue weighted by Gasteiger charge is 2.34. The molecule has 3 aliphatic heterocycles. The molecule has 1 unspecified atom stereocenters. The van der Waals surface area contributed by atoms with Crippen LogP contribution in [0.5, 0.6) is 5.75 Å². The predicted octanol–water partition coefficient (Wildman–Crippen LogP) is 11.8. The van der Waals surface area contributed by atoms with Crippen molar-refractivity contribution in [3.63, 3.8) is 0 Å². The Morgan fingerprint density at radius 2 is 1.66 bits per heavy atom. The molecule has 2 atom stereocenters. The number of amides is 3. The molecule has 0 bridgehead atoms. The normalized spacial score (nSPS) is 20.2. The third-order valence-corrected chi connectivity index (χ3v) is 17.2. The summed E-state index contributed by atoms with van der Waals surface area (Å²) in [7, 11) is 1.98. The first kappa shape index (κ1) is 52.1. The van der Waals surface area contributed by atoms with Gasteiger partial charge in [-0.05, 0) is 175 Å². The number of hydrogen-bond donors (Lipinski definition) is 2. The van der Waals surface area contributed by atoms with Gasteiger partial charge in [-0.25, -0.2) is 14.8 Å². The Kier molecular flexibility index (Phi) is 15.0. The molecule has 15 heteroatoms. The molecule has 11 rings (SSSR count). The Morgan fingerprint density at radius 3 is 2.48 bits per heavy atom. The van der Waals surface area contributed by atoms with Crippen molar-refractivity contribution in [1.82, 2.24) is 30.0 Å². The molecule has 6 heterocycles. The van der Waals surface area contributed by atoms with Gasteiger partial charge in [-0.1, -0.05) is 78.8 Å². The van der Waals surface area contributed by atoms with Crippen LogP contribution in [0.2, 0.25) is 0 Å². The van der Waals surface area contributed by atoms with E-state index in [1.165, 1.54) is 36.2 Å². The molecule has 7 aromatic rings. The number of pyridine rings is 1. The lowest BCUT2D eigenvalue weighted by Crippen LogP contribution is -2.39. The highest BCUT2D eigenvalue weighted by Crippen LogP contribution is 2.40. The Hall–Kier alpha value is -6.97. The number of esters is 1. The van der Waals surface area contributed by atoms with Gasteiger partial charge in [0.2, 0.25) is 11.8 Å². The summed E-state index contributed by atoms with van der Waals surface area (Å²) < 4.78 is 15.8. The Bertz CT molecular complexity index is 3340. The smallest absolute Gasteiger partial charge is 0.358 e. The molecule has 0 spiro atoms. The largest absolute Gasteiger partial charge is 0.490 e. The second kappa shape index (κ2) is 22.2. The van der Waals surface area contributed by atoms with Gasteiger partial charge in [0.25, 0.3) is 5.91 Å². The second-order valence-corrected chi connectivity index (χ2v) is 23.7. The zero-order valence-electron chi connectivity index (χ0n) is 45.0. The van der Waals surface area contributed by atoms with Gasteiger partial charge < -0.3 is 19.3 Å². The molecule has 1 aliphatic carbocycles. The number of carbonyl (C=O) groups is 4. The molecular formula is C62H70N8O6S. The number of rotatable bonds is 14. The number of aromatic nitrogens is 4. The van der Waals surface area contributed by atoms with Gasteiger partial charge in [0.05, 0.1) is 33.4 Å². The van der Waals surface area contributed by atoms with Crippen molar-refractivity contribution in [3.05, 3.63) is 130 Å². The van der Waals surface area contributed by atoms with Crippen LogP contribution in [0, 0.1) is 12.8 Å². The maximum absolute atomic E-state index is 14.1. The van der Waals surface area contributed by atoms with Crippen LogP contribution in [0.15, 0.2) is 91.0 Å². The van der Waals surface area contributed by atoms with Crippen LogP contribution in [0.25, 0.3) is 32.2 Å². The van der Waals surface area contributed by atoms with Crippen molar-refractivity contribution in [2.75, 3.05) is 36.4 Å². The van der Waals surface area contributed by atoms with Gasteiger partial charge in [-0.3, -0.25) is 29.7 Å². The van der Waals surface area contributed by atoms with E-state index in [0.717, 1.165) is 119 Å². The first-order valence-corrected chi connectivity index (χ1v) is 28.6. The fraction of sp³-hybridized carbons (Fsp3) is 0.435. The van der Waals surface area contributed by atoms with Crippen LogP contribution >= 0.6 is 11.3 Å². The number of carbonyl (C=O) groups excluding carboxylic acids is 4. The van der Waals surface area contributed by atoms with Gasteiger partial charge in [0.1, 0.15) is 17.2 Å². The number of para-hydroxylation sites is 2. The summed E-state index contributed by atoms with van der Waals surface area (Å²) in [5.74, 6) is 1.01. The minimum Gasteiger partial charge on any atom is -0.490 e. The molecule has 400 valence electrons. The lowest BCUT2D eigenvalue weighted by molar-refractivity contribution is -0.134. The quantitative estimate of drug-likeness (QED) is 0.0606. The van der Waals surface area contributed by atoms with E-state index in [-0.39, 0.29) is 29.5 Å².